The molecule has 22 heavy (non-hydrogen) atoms. The molecule has 0 atom stereocenters. The lowest BCUT2D eigenvalue weighted by molar-refractivity contribution is -0.114. The van der Waals surface area contributed by atoms with Gasteiger partial charge < -0.3 is 14.5 Å². The summed E-state index contributed by atoms with van der Waals surface area (Å²) < 4.78 is 10.2. The zero-order chi connectivity index (χ0) is 16.1. The van der Waals surface area contributed by atoms with E-state index < -0.39 is 17.5 Å². The van der Waals surface area contributed by atoms with Gasteiger partial charge in [-0.2, -0.15) is 0 Å². The molecule has 1 heterocycles. The molecule has 0 aliphatic carbocycles. The van der Waals surface area contributed by atoms with Gasteiger partial charge >= 0.3 is 11.6 Å². The average molecular weight is 301 g/mol. The fraction of sp³-hybridized carbons (Fsp3) is 0.188. The van der Waals surface area contributed by atoms with Gasteiger partial charge in [-0.15, -0.1) is 0 Å². The maximum atomic E-state index is 12.1. The van der Waals surface area contributed by atoms with Crippen LogP contribution in [0.15, 0.2) is 45.6 Å². The van der Waals surface area contributed by atoms with Gasteiger partial charge in [0.25, 0.3) is 0 Å². The van der Waals surface area contributed by atoms with Gasteiger partial charge in [0.05, 0.1) is 6.61 Å². The number of nitrogens with one attached hydrogen (secondary N) is 1. The van der Waals surface area contributed by atoms with Crippen molar-refractivity contribution in [3.63, 3.8) is 0 Å². The molecule has 6 heteroatoms. The highest BCUT2D eigenvalue weighted by Crippen LogP contribution is 2.25. The van der Waals surface area contributed by atoms with Crippen molar-refractivity contribution in [2.45, 2.75) is 13.8 Å². The Morgan fingerprint density at radius 3 is 2.50 bits per heavy atom. The van der Waals surface area contributed by atoms with Crippen molar-refractivity contribution in [3.8, 4) is 11.3 Å². The molecular weight excluding hydrogens is 286 g/mol. The second-order valence-corrected chi connectivity index (χ2v) is 4.46. The first kappa shape index (κ1) is 15.5. The normalized spacial score (nSPS) is 10.1. The van der Waals surface area contributed by atoms with Crippen LogP contribution in [0, 0.1) is 0 Å². The minimum atomic E-state index is -0.734. The molecule has 0 bridgehead atoms. The molecule has 1 amide bonds. The number of anilines is 1. The summed E-state index contributed by atoms with van der Waals surface area (Å²) in [5.74, 6) is -0.954. The SMILES string of the molecule is CCOC(=O)c1cc(NC(C)=O)c(=O)oc1-c1ccccc1. The maximum absolute atomic E-state index is 12.1. The van der Waals surface area contributed by atoms with Gasteiger partial charge in [-0.05, 0) is 13.0 Å². The largest absolute Gasteiger partial charge is 0.462 e. The second-order valence-electron chi connectivity index (χ2n) is 4.46. The van der Waals surface area contributed by atoms with E-state index >= 15 is 0 Å². The zero-order valence-electron chi connectivity index (χ0n) is 12.2. The van der Waals surface area contributed by atoms with Crippen LogP contribution in [-0.2, 0) is 9.53 Å². The van der Waals surface area contributed by atoms with E-state index in [1.165, 1.54) is 13.0 Å². The van der Waals surface area contributed by atoms with E-state index in [0.717, 1.165) is 0 Å². The third-order valence-corrected chi connectivity index (χ3v) is 2.79. The third kappa shape index (κ3) is 3.41. The first-order valence-electron chi connectivity index (χ1n) is 6.71. The Hall–Kier alpha value is -2.89. The van der Waals surface area contributed by atoms with Crippen LogP contribution in [0.3, 0.4) is 0 Å². The molecular formula is C16H15NO5. The lowest BCUT2D eigenvalue weighted by Crippen LogP contribution is -2.17. The summed E-state index contributed by atoms with van der Waals surface area (Å²) in [6.45, 7) is 3.12. The van der Waals surface area contributed by atoms with Gasteiger partial charge in [-0.1, -0.05) is 30.3 Å². The predicted octanol–water partition coefficient (Wildman–Crippen LogP) is 2.44. The van der Waals surface area contributed by atoms with Gasteiger partial charge in [-0.3, -0.25) is 4.79 Å². The number of carbonyl (C=O) groups excluding carboxylic acids is 2. The Balaban J connectivity index is 2.61. The number of hydrogen-bond acceptors (Lipinski definition) is 5. The topological polar surface area (TPSA) is 85.6 Å². The Morgan fingerprint density at radius 1 is 1.23 bits per heavy atom. The number of benzene rings is 1. The van der Waals surface area contributed by atoms with Crippen LogP contribution < -0.4 is 10.9 Å². The molecule has 0 unspecified atom stereocenters. The molecule has 1 aromatic heterocycles. The first-order chi connectivity index (χ1) is 10.5. The summed E-state index contributed by atoms with van der Waals surface area (Å²) in [7, 11) is 0. The molecule has 0 radical (unpaired) electrons. The highest BCUT2D eigenvalue weighted by Gasteiger charge is 2.20. The highest BCUT2D eigenvalue weighted by atomic mass is 16.5. The summed E-state index contributed by atoms with van der Waals surface area (Å²) in [5, 5.41) is 2.34. The summed E-state index contributed by atoms with van der Waals surface area (Å²) in [6.07, 6.45) is 0. The van der Waals surface area contributed by atoms with Crippen LogP contribution >= 0.6 is 0 Å². The van der Waals surface area contributed by atoms with Crippen molar-refractivity contribution in [1.29, 1.82) is 0 Å². The quantitative estimate of drug-likeness (QED) is 0.877. The molecule has 6 nitrogen and oxygen atoms in total. The van der Waals surface area contributed by atoms with E-state index in [1.807, 2.05) is 0 Å². The summed E-state index contributed by atoms with van der Waals surface area (Å²) in [6, 6.07) is 10.0. The average Bonchev–Trinajstić information content (AvgIpc) is 2.49. The maximum Gasteiger partial charge on any atom is 0.360 e. The molecule has 1 N–H and O–H groups in total. The number of carbonyl (C=O) groups is 2. The predicted molar refractivity (Wildman–Crippen MR) is 80.7 cm³/mol. The van der Waals surface area contributed by atoms with Crippen molar-refractivity contribution >= 4 is 17.6 Å². The number of rotatable bonds is 4. The minimum absolute atomic E-state index is 0.0800. The number of hydrogen-bond donors (Lipinski definition) is 1. The van der Waals surface area contributed by atoms with Crippen LogP contribution in [0.4, 0.5) is 5.69 Å². The second kappa shape index (κ2) is 6.71. The zero-order valence-corrected chi connectivity index (χ0v) is 12.2. The minimum Gasteiger partial charge on any atom is -0.462 e. The van der Waals surface area contributed by atoms with E-state index in [1.54, 1.807) is 37.3 Å². The molecule has 1 aromatic carbocycles. The molecule has 0 fully saturated rings. The summed E-state index contributed by atoms with van der Waals surface area (Å²) >= 11 is 0. The Kier molecular flexibility index (Phi) is 4.73. The summed E-state index contributed by atoms with van der Waals surface area (Å²) in [5.41, 5.74) is -0.189. The van der Waals surface area contributed by atoms with Gasteiger partial charge in [0.2, 0.25) is 5.91 Å². The summed E-state index contributed by atoms with van der Waals surface area (Å²) in [4.78, 5) is 35.2. The molecule has 0 aliphatic rings. The van der Waals surface area contributed by atoms with Gasteiger partial charge in [-0.25, -0.2) is 9.59 Å². The van der Waals surface area contributed by atoms with Gasteiger partial charge in [0.15, 0.2) is 5.76 Å². The molecule has 2 aromatic rings. The van der Waals surface area contributed by atoms with E-state index in [2.05, 4.69) is 5.32 Å². The van der Waals surface area contributed by atoms with Crippen molar-refractivity contribution in [2.24, 2.45) is 0 Å². The van der Waals surface area contributed by atoms with Crippen molar-refractivity contribution in [2.75, 3.05) is 11.9 Å². The molecule has 114 valence electrons. The van der Waals surface area contributed by atoms with Crippen LogP contribution in [0.1, 0.15) is 24.2 Å². The fourth-order valence-electron chi connectivity index (χ4n) is 1.91. The number of ether oxygens (including phenoxy) is 1. The first-order valence-corrected chi connectivity index (χ1v) is 6.71. The van der Waals surface area contributed by atoms with E-state index in [-0.39, 0.29) is 23.6 Å². The molecule has 0 saturated heterocycles. The van der Waals surface area contributed by atoms with Crippen molar-refractivity contribution in [1.82, 2.24) is 0 Å². The fourth-order valence-corrected chi connectivity index (χ4v) is 1.91. The number of esters is 1. The third-order valence-electron chi connectivity index (χ3n) is 2.79. The van der Waals surface area contributed by atoms with E-state index in [4.69, 9.17) is 9.15 Å². The molecule has 0 saturated carbocycles. The van der Waals surface area contributed by atoms with Gasteiger partial charge in [0, 0.05) is 12.5 Å². The lowest BCUT2D eigenvalue weighted by Gasteiger charge is -2.09. The molecule has 0 aliphatic heterocycles. The van der Waals surface area contributed by atoms with Crippen molar-refractivity contribution < 1.29 is 18.7 Å². The Bertz CT molecular complexity index is 749. The smallest absolute Gasteiger partial charge is 0.360 e. The van der Waals surface area contributed by atoms with Crippen LogP contribution in [0.5, 0.6) is 0 Å². The van der Waals surface area contributed by atoms with Crippen LogP contribution in [-0.4, -0.2) is 18.5 Å². The Morgan fingerprint density at radius 2 is 1.91 bits per heavy atom. The van der Waals surface area contributed by atoms with Gasteiger partial charge in [0.1, 0.15) is 11.3 Å². The lowest BCUT2D eigenvalue weighted by atomic mass is 10.1. The molecule has 0 spiro atoms. The van der Waals surface area contributed by atoms with Crippen molar-refractivity contribution in [3.05, 3.63) is 52.4 Å². The van der Waals surface area contributed by atoms with Crippen LogP contribution in [0.2, 0.25) is 0 Å². The van der Waals surface area contributed by atoms with E-state index in [0.29, 0.717) is 5.56 Å². The van der Waals surface area contributed by atoms with Crippen LogP contribution in [0.25, 0.3) is 11.3 Å². The van der Waals surface area contributed by atoms with E-state index in [9.17, 15) is 14.4 Å². The molecule has 2 rings (SSSR count). The number of amides is 1. The monoisotopic (exact) mass is 301 g/mol. The Labute approximate surface area is 126 Å². The standard InChI is InChI=1S/C16H15NO5/c1-3-21-15(19)12-9-13(17-10(2)18)16(20)22-14(12)11-7-5-4-6-8-11/h4-9H,3H2,1-2H3,(H,17,18). The highest BCUT2D eigenvalue weighted by molar-refractivity contribution is 5.97.